The van der Waals surface area contributed by atoms with E-state index in [4.69, 9.17) is 14.6 Å². The van der Waals surface area contributed by atoms with Crippen molar-refractivity contribution < 1.29 is 29.3 Å². The molecule has 4 unspecified atom stereocenters. The molecule has 0 aromatic carbocycles. The molecule has 2 aliphatic rings. The summed E-state index contributed by atoms with van der Waals surface area (Å²) >= 11 is 0. The Bertz CT molecular complexity index is 543. The predicted molar refractivity (Wildman–Crippen MR) is 77.6 cm³/mol. The zero-order chi connectivity index (χ0) is 16.3. The van der Waals surface area contributed by atoms with Gasteiger partial charge in [0.05, 0.1) is 19.1 Å². The zero-order valence-electron chi connectivity index (χ0n) is 12.6. The molecule has 0 bridgehead atoms. The highest BCUT2D eigenvalue weighted by Gasteiger charge is 2.43. The summed E-state index contributed by atoms with van der Waals surface area (Å²) in [4.78, 5) is 23.1. The third-order valence-corrected chi connectivity index (χ3v) is 3.83. The van der Waals surface area contributed by atoms with Crippen molar-refractivity contribution in [3.63, 3.8) is 0 Å². The highest BCUT2D eigenvalue weighted by molar-refractivity contribution is 5.91. The SMILES string of the molecule is COC1=CC(/C=C/C(=O)OCC(O)C(C)O)=CC2CC(=O)C12. The molecule has 6 nitrogen and oxygen atoms in total. The molecule has 0 aromatic heterocycles. The highest BCUT2D eigenvalue weighted by atomic mass is 16.5. The minimum absolute atomic E-state index is 0.125. The lowest BCUT2D eigenvalue weighted by molar-refractivity contribution is -0.142. The lowest BCUT2D eigenvalue weighted by Crippen LogP contribution is -2.39. The standard InChI is InChI=1S/C16H20O6/c1-9(17)13(19)8-22-15(20)4-3-10-5-11-7-12(18)16(11)14(6-10)21-2/h3-6,9,11,13,16-17,19H,7-8H2,1-2H3/b4-3+. The fraction of sp³-hybridized carbons (Fsp3) is 0.500. The first-order valence-corrected chi connectivity index (χ1v) is 7.13. The molecule has 4 atom stereocenters. The van der Waals surface area contributed by atoms with Gasteiger partial charge in [-0.25, -0.2) is 4.79 Å². The van der Waals surface area contributed by atoms with E-state index in [2.05, 4.69) is 0 Å². The Labute approximate surface area is 128 Å². The first-order chi connectivity index (χ1) is 10.4. The van der Waals surface area contributed by atoms with E-state index in [1.165, 1.54) is 20.1 Å². The Hall–Kier alpha value is -1.92. The van der Waals surface area contributed by atoms with Gasteiger partial charge in [0.2, 0.25) is 0 Å². The molecule has 1 saturated carbocycles. The summed E-state index contributed by atoms with van der Waals surface area (Å²) in [5.74, 6) is 0.112. The van der Waals surface area contributed by atoms with Crippen LogP contribution in [0.5, 0.6) is 0 Å². The van der Waals surface area contributed by atoms with Gasteiger partial charge in [-0.3, -0.25) is 4.79 Å². The Morgan fingerprint density at radius 2 is 2.23 bits per heavy atom. The molecule has 120 valence electrons. The first-order valence-electron chi connectivity index (χ1n) is 7.13. The summed E-state index contributed by atoms with van der Waals surface area (Å²) in [5.41, 5.74) is 0.777. The number of carbonyl (C=O) groups excluding carboxylic acids is 2. The van der Waals surface area contributed by atoms with Gasteiger partial charge in [0.25, 0.3) is 0 Å². The van der Waals surface area contributed by atoms with Crippen LogP contribution in [0.2, 0.25) is 0 Å². The fourth-order valence-corrected chi connectivity index (χ4v) is 2.44. The van der Waals surface area contributed by atoms with E-state index in [0.717, 1.165) is 5.57 Å². The Balaban J connectivity index is 1.92. The number of allylic oxidation sites excluding steroid dienone is 5. The van der Waals surface area contributed by atoms with Gasteiger partial charge in [0, 0.05) is 18.4 Å². The molecule has 0 heterocycles. The van der Waals surface area contributed by atoms with Gasteiger partial charge in [-0.15, -0.1) is 0 Å². The van der Waals surface area contributed by atoms with Gasteiger partial charge in [-0.1, -0.05) is 6.08 Å². The van der Waals surface area contributed by atoms with Gasteiger partial charge in [0.15, 0.2) is 0 Å². The van der Waals surface area contributed by atoms with E-state index >= 15 is 0 Å². The van der Waals surface area contributed by atoms with Gasteiger partial charge in [-0.05, 0) is 24.6 Å². The maximum Gasteiger partial charge on any atom is 0.330 e. The zero-order valence-corrected chi connectivity index (χ0v) is 12.6. The summed E-state index contributed by atoms with van der Waals surface area (Å²) in [6, 6.07) is 0. The highest BCUT2D eigenvalue weighted by Crippen LogP contribution is 2.41. The number of esters is 1. The van der Waals surface area contributed by atoms with Crippen LogP contribution in [0.4, 0.5) is 0 Å². The van der Waals surface area contributed by atoms with Crippen LogP contribution >= 0.6 is 0 Å². The summed E-state index contributed by atoms with van der Waals surface area (Å²) in [5, 5.41) is 18.4. The van der Waals surface area contributed by atoms with Gasteiger partial charge >= 0.3 is 5.97 Å². The minimum Gasteiger partial charge on any atom is -0.500 e. The van der Waals surface area contributed by atoms with Gasteiger partial charge in [0.1, 0.15) is 24.3 Å². The van der Waals surface area contributed by atoms with E-state index < -0.39 is 18.2 Å². The van der Waals surface area contributed by atoms with Crippen molar-refractivity contribution in [1.82, 2.24) is 0 Å². The number of aliphatic hydroxyl groups excluding tert-OH is 2. The summed E-state index contributed by atoms with van der Waals surface area (Å²) in [6.45, 7) is 1.15. The number of aliphatic hydroxyl groups is 2. The van der Waals surface area contributed by atoms with Crippen LogP contribution in [0.15, 0.2) is 35.6 Å². The number of methoxy groups -OCH3 is 1. The monoisotopic (exact) mass is 308 g/mol. The van der Waals surface area contributed by atoms with E-state index in [1.807, 2.05) is 6.08 Å². The summed E-state index contributed by atoms with van der Waals surface area (Å²) in [6.07, 6.45) is 4.91. The quantitative estimate of drug-likeness (QED) is 0.548. The molecular formula is C16H20O6. The van der Waals surface area contributed by atoms with Crippen LogP contribution in [-0.2, 0) is 19.1 Å². The maximum absolute atomic E-state index is 11.5. The number of hydrogen-bond donors (Lipinski definition) is 2. The molecule has 2 N–H and O–H groups in total. The van der Waals surface area contributed by atoms with Crippen LogP contribution in [0, 0.1) is 11.8 Å². The third kappa shape index (κ3) is 3.64. The number of ether oxygens (including phenoxy) is 2. The van der Waals surface area contributed by atoms with E-state index in [1.54, 1.807) is 12.2 Å². The van der Waals surface area contributed by atoms with E-state index in [9.17, 15) is 14.7 Å². The number of carbonyl (C=O) groups is 2. The van der Waals surface area contributed by atoms with E-state index in [-0.39, 0.29) is 24.2 Å². The number of ketones is 1. The normalized spacial score (nSPS) is 26.5. The number of fused-ring (bicyclic) bond motifs is 1. The van der Waals surface area contributed by atoms with Crippen molar-refractivity contribution in [2.24, 2.45) is 11.8 Å². The largest absolute Gasteiger partial charge is 0.500 e. The lowest BCUT2D eigenvalue weighted by Gasteiger charge is -2.36. The fourth-order valence-electron chi connectivity index (χ4n) is 2.44. The van der Waals surface area contributed by atoms with Crippen LogP contribution < -0.4 is 0 Å². The molecular weight excluding hydrogens is 288 g/mol. The molecule has 0 saturated heterocycles. The van der Waals surface area contributed by atoms with E-state index in [0.29, 0.717) is 12.2 Å². The Morgan fingerprint density at radius 1 is 1.50 bits per heavy atom. The molecule has 2 rings (SSSR count). The van der Waals surface area contributed by atoms with Crippen LogP contribution in [0.25, 0.3) is 0 Å². The first kappa shape index (κ1) is 16.5. The number of rotatable bonds is 6. The number of Topliss-reactive ketones (excluding diaryl/α,β-unsaturated/α-hetero) is 1. The minimum atomic E-state index is -1.10. The lowest BCUT2D eigenvalue weighted by atomic mass is 9.68. The summed E-state index contributed by atoms with van der Waals surface area (Å²) in [7, 11) is 1.52. The predicted octanol–water partition coefficient (Wildman–Crippen LogP) is 0.503. The second-order valence-electron chi connectivity index (χ2n) is 5.50. The van der Waals surface area contributed by atoms with Crippen molar-refractivity contribution in [3.05, 3.63) is 35.6 Å². The second kappa shape index (κ2) is 6.89. The van der Waals surface area contributed by atoms with Crippen molar-refractivity contribution in [1.29, 1.82) is 0 Å². The average Bonchev–Trinajstić information content (AvgIpc) is 2.48. The summed E-state index contributed by atoms with van der Waals surface area (Å²) < 4.78 is 10.0. The van der Waals surface area contributed by atoms with Crippen LogP contribution in [0.1, 0.15) is 13.3 Å². The van der Waals surface area contributed by atoms with Gasteiger partial charge in [-0.2, -0.15) is 0 Å². The Kier molecular flexibility index (Phi) is 5.15. The molecule has 2 aliphatic carbocycles. The molecule has 22 heavy (non-hydrogen) atoms. The second-order valence-corrected chi connectivity index (χ2v) is 5.50. The Morgan fingerprint density at radius 3 is 2.82 bits per heavy atom. The molecule has 6 heteroatoms. The van der Waals surface area contributed by atoms with Crippen molar-refractivity contribution in [3.8, 4) is 0 Å². The van der Waals surface area contributed by atoms with Crippen molar-refractivity contribution in [2.75, 3.05) is 13.7 Å². The van der Waals surface area contributed by atoms with Gasteiger partial charge < -0.3 is 19.7 Å². The van der Waals surface area contributed by atoms with Crippen molar-refractivity contribution in [2.45, 2.75) is 25.6 Å². The molecule has 0 aromatic rings. The van der Waals surface area contributed by atoms with Crippen molar-refractivity contribution >= 4 is 11.8 Å². The molecule has 0 radical (unpaired) electrons. The number of hydrogen-bond acceptors (Lipinski definition) is 6. The molecule has 1 fully saturated rings. The average molecular weight is 308 g/mol. The maximum atomic E-state index is 11.5. The molecule has 0 spiro atoms. The smallest absolute Gasteiger partial charge is 0.330 e. The van der Waals surface area contributed by atoms with Crippen LogP contribution in [0.3, 0.4) is 0 Å². The third-order valence-electron chi connectivity index (χ3n) is 3.83. The van der Waals surface area contributed by atoms with Crippen LogP contribution in [-0.4, -0.2) is 47.9 Å². The molecule has 0 aliphatic heterocycles. The molecule has 0 amide bonds. The topological polar surface area (TPSA) is 93.1 Å².